The fourth-order valence-corrected chi connectivity index (χ4v) is 5.33. The molecular weight excluding hydrogens is 512 g/mol. The number of pyridine rings is 1. The maximum absolute atomic E-state index is 12.2. The first-order valence-corrected chi connectivity index (χ1v) is 14.0. The van der Waals surface area contributed by atoms with Crippen molar-refractivity contribution in [1.82, 2.24) is 24.5 Å². The summed E-state index contributed by atoms with van der Waals surface area (Å²) in [4.78, 5) is 11.1. The van der Waals surface area contributed by atoms with Crippen molar-refractivity contribution in [3.63, 3.8) is 0 Å². The number of rotatable bonds is 9. The molecule has 5 rings (SSSR count). The Hall–Kier alpha value is -4.12. The fourth-order valence-electron chi connectivity index (χ4n) is 4.76. The van der Waals surface area contributed by atoms with Crippen molar-refractivity contribution in [2.24, 2.45) is 5.14 Å². The molecule has 0 saturated carbocycles. The third kappa shape index (κ3) is 5.53. The number of nitrogens with zero attached hydrogens (tertiary/aromatic N) is 5. The first-order chi connectivity index (χ1) is 18.8. The van der Waals surface area contributed by atoms with Crippen LogP contribution in [0, 0.1) is 0 Å². The summed E-state index contributed by atoms with van der Waals surface area (Å²) in [5, 5.41) is 10.6. The van der Waals surface area contributed by atoms with Crippen molar-refractivity contribution >= 4 is 15.7 Å². The highest BCUT2D eigenvalue weighted by Gasteiger charge is 2.24. The summed E-state index contributed by atoms with van der Waals surface area (Å²) in [6.07, 6.45) is 5.97. The lowest BCUT2D eigenvalue weighted by Crippen LogP contribution is -2.19. The molecule has 0 aliphatic heterocycles. The van der Waals surface area contributed by atoms with Gasteiger partial charge in [0.2, 0.25) is 10.0 Å². The summed E-state index contributed by atoms with van der Waals surface area (Å²) in [5.41, 5.74) is 5.85. The molecule has 5 aromatic rings. The lowest BCUT2D eigenvalue weighted by Gasteiger charge is -2.21. The topological polar surface area (TPSA) is 116 Å². The molecule has 0 amide bonds. The van der Waals surface area contributed by atoms with Crippen LogP contribution in [0.5, 0.6) is 5.75 Å². The number of ether oxygens (including phenoxy) is 1. The van der Waals surface area contributed by atoms with Gasteiger partial charge in [0, 0.05) is 30.1 Å². The molecule has 1 atom stereocenters. The zero-order valence-electron chi connectivity index (χ0n) is 22.0. The molecule has 0 spiro atoms. The average molecular weight is 543 g/mol. The van der Waals surface area contributed by atoms with E-state index in [0.29, 0.717) is 5.65 Å². The minimum atomic E-state index is -3.86. The van der Waals surface area contributed by atoms with Crippen molar-refractivity contribution in [2.75, 3.05) is 27.7 Å². The normalized spacial score (nSPS) is 12.6. The Morgan fingerprint density at radius 3 is 2.46 bits per heavy atom. The molecule has 10 heteroatoms. The van der Waals surface area contributed by atoms with E-state index in [-0.39, 0.29) is 10.8 Å². The first kappa shape index (κ1) is 26.5. The summed E-state index contributed by atoms with van der Waals surface area (Å²) < 4.78 is 31.7. The largest absolute Gasteiger partial charge is 0.497 e. The van der Waals surface area contributed by atoms with Gasteiger partial charge in [-0.25, -0.2) is 23.1 Å². The maximum atomic E-state index is 12.2. The Balaban J connectivity index is 1.77. The Morgan fingerprint density at radius 2 is 1.74 bits per heavy atom. The highest BCUT2D eigenvalue weighted by molar-refractivity contribution is 7.89. The van der Waals surface area contributed by atoms with Crippen LogP contribution in [0.2, 0.25) is 0 Å². The average Bonchev–Trinajstić information content (AvgIpc) is 3.34. The second kappa shape index (κ2) is 10.9. The van der Waals surface area contributed by atoms with Gasteiger partial charge in [-0.15, -0.1) is 0 Å². The lowest BCUT2D eigenvalue weighted by atomic mass is 9.92. The van der Waals surface area contributed by atoms with Crippen LogP contribution in [-0.4, -0.2) is 60.6 Å². The zero-order chi connectivity index (χ0) is 27.6. The maximum Gasteiger partial charge on any atom is 0.238 e. The quantitative estimate of drug-likeness (QED) is 0.297. The third-order valence-corrected chi connectivity index (χ3v) is 7.58. The van der Waals surface area contributed by atoms with Gasteiger partial charge in [-0.05, 0) is 80.7 Å². The number of aromatic nitrogens is 4. The van der Waals surface area contributed by atoms with Gasteiger partial charge in [0.15, 0.2) is 5.65 Å². The van der Waals surface area contributed by atoms with Crippen LogP contribution in [0.1, 0.15) is 23.6 Å². The molecule has 0 aliphatic rings. The molecular formula is C29H30N6O3S. The summed E-state index contributed by atoms with van der Waals surface area (Å²) in [7, 11) is 1.80. The molecule has 0 bridgehead atoms. The SMILES string of the molecule is COc1cccc(-c2c(-c3ccncc3)nn3c(C(CCN(C)C)c4cccc(S(N)(=O)=O)c4)ccnc23)c1. The van der Waals surface area contributed by atoms with E-state index in [0.717, 1.165) is 52.4 Å². The van der Waals surface area contributed by atoms with Gasteiger partial charge in [0.05, 0.1) is 23.3 Å². The monoisotopic (exact) mass is 542 g/mol. The number of sulfonamides is 1. The Bertz CT molecular complexity index is 1720. The van der Waals surface area contributed by atoms with Crippen LogP contribution in [-0.2, 0) is 10.0 Å². The second-order valence-corrected chi connectivity index (χ2v) is 11.1. The molecule has 0 radical (unpaired) electrons. The summed E-state index contributed by atoms with van der Waals surface area (Å²) in [6, 6.07) is 20.4. The van der Waals surface area contributed by atoms with Gasteiger partial charge in [-0.1, -0.05) is 24.3 Å². The fraction of sp³-hybridized carbons (Fsp3) is 0.207. The van der Waals surface area contributed by atoms with E-state index in [1.165, 1.54) is 6.07 Å². The smallest absolute Gasteiger partial charge is 0.238 e. The minimum Gasteiger partial charge on any atom is -0.497 e. The number of fused-ring (bicyclic) bond motifs is 1. The molecule has 1 unspecified atom stereocenters. The summed E-state index contributed by atoms with van der Waals surface area (Å²) in [5.74, 6) is 0.551. The van der Waals surface area contributed by atoms with E-state index in [2.05, 4.69) is 9.88 Å². The molecule has 2 N–H and O–H groups in total. The highest BCUT2D eigenvalue weighted by atomic mass is 32.2. The van der Waals surface area contributed by atoms with Crippen LogP contribution in [0.4, 0.5) is 0 Å². The molecule has 39 heavy (non-hydrogen) atoms. The Kier molecular flexibility index (Phi) is 7.42. The van der Waals surface area contributed by atoms with Crippen LogP contribution in [0.3, 0.4) is 0 Å². The standard InChI is InChI=1S/C29H30N6O3S/c1-34(2)17-13-25(21-6-5-9-24(19-21)39(30,36)37)26-12-16-32-29-27(22-7-4-8-23(18-22)38-3)28(33-35(26)29)20-10-14-31-15-11-20/h4-12,14-16,18-19,25H,13,17H2,1-3H3,(H2,30,36,37). The second-order valence-electron chi connectivity index (χ2n) is 9.56. The van der Waals surface area contributed by atoms with Gasteiger partial charge in [-0.2, -0.15) is 5.10 Å². The van der Waals surface area contributed by atoms with Crippen LogP contribution < -0.4 is 9.88 Å². The summed E-state index contributed by atoms with van der Waals surface area (Å²) in [6.45, 7) is 0.773. The van der Waals surface area contributed by atoms with Gasteiger partial charge in [0.25, 0.3) is 0 Å². The predicted molar refractivity (Wildman–Crippen MR) is 151 cm³/mol. The number of hydrogen-bond donors (Lipinski definition) is 1. The predicted octanol–water partition coefficient (Wildman–Crippen LogP) is 4.20. The van der Waals surface area contributed by atoms with Gasteiger partial charge >= 0.3 is 0 Å². The van der Waals surface area contributed by atoms with Crippen LogP contribution in [0.15, 0.2) is 90.2 Å². The Morgan fingerprint density at radius 1 is 0.974 bits per heavy atom. The molecule has 0 saturated heterocycles. The molecule has 0 aliphatic carbocycles. The van der Waals surface area contributed by atoms with Crippen LogP contribution in [0.25, 0.3) is 28.0 Å². The summed E-state index contributed by atoms with van der Waals surface area (Å²) >= 11 is 0. The number of hydrogen-bond acceptors (Lipinski definition) is 7. The molecule has 0 fully saturated rings. The number of primary sulfonamides is 1. The molecule has 3 heterocycles. The van der Waals surface area contributed by atoms with E-state index in [1.54, 1.807) is 37.8 Å². The highest BCUT2D eigenvalue weighted by Crippen LogP contribution is 2.38. The number of methoxy groups -OCH3 is 1. The van der Waals surface area contributed by atoms with E-state index in [1.807, 2.05) is 67.1 Å². The van der Waals surface area contributed by atoms with Crippen molar-refractivity contribution in [3.05, 3.63) is 96.6 Å². The molecule has 200 valence electrons. The van der Waals surface area contributed by atoms with Crippen molar-refractivity contribution in [1.29, 1.82) is 0 Å². The number of benzene rings is 2. The van der Waals surface area contributed by atoms with Crippen molar-refractivity contribution in [3.8, 4) is 28.1 Å². The number of nitrogens with two attached hydrogens (primary N) is 1. The van der Waals surface area contributed by atoms with E-state index >= 15 is 0 Å². The van der Waals surface area contributed by atoms with Gasteiger partial charge < -0.3 is 9.64 Å². The van der Waals surface area contributed by atoms with Crippen molar-refractivity contribution < 1.29 is 13.2 Å². The third-order valence-electron chi connectivity index (χ3n) is 6.67. The van der Waals surface area contributed by atoms with E-state index < -0.39 is 10.0 Å². The van der Waals surface area contributed by atoms with E-state index in [4.69, 9.17) is 20.0 Å². The first-order valence-electron chi connectivity index (χ1n) is 12.5. The molecule has 3 aromatic heterocycles. The van der Waals surface area contributed by atoms with Crippen molar-refractivity contribution in [2.45, 2.75) is 17.2 Å². The lowest BCUT2D eigenvalue weighted by molar-refractivity contribution is 0.388. The van der Waals surface area contributed by atoms with Gasteiger partial charge in [-0.3, -0.25) is 4.98 Å². The van der Waals surface area contributed by atoms with Gasteiger partial charge in [0.1, 0.15) is 11.4 Å². The Labute approximate surface area is 228 Å². The molecule has 9 nitrogen and oxygen atoms in total. The molecule has 2 aromatic carbocycles. The van der Waals surface area contributed by atoms with Crippen LogP contribution >= 0.6 is 0 Å². The minimum absolute atomic E-state index is 0.0789. The van der Waals surface area contributed by atoms with E-state index in [9.17, 15) is 8.42 Å². The zero-order valence-corrected chi connectivity index (χ0v) is 22.8.